The first kappa shape index (κ1) is 11.7. The third-order valence-corrected chi connectivity index (χ3v) is 1.90. The van der Waals surface area contributed by atoms with E-state index in [4.69, 9.17) is 12.2 Å². The minimum atomic E-state index is 0.508. The van der Waals surface area contributed by atoms with Gasteiger partial charge in [0.05, 0.1) is 0 Å². The van der Waals surface area contributed by atoms with Crippen LogP contribution in [-0.4, -0.2) is 11.3 Å². The van der Waals surface area contributed by atoms with E-state index in [0.717, 1.165) is 18.5 Å². The number of anilines is 1. The van der Waals surface area contributed by atoms with Gasteiger partial charge in [0.1, 0.15) is 0 Å². The first-order valence-corrected chi connectivity index (χ1v) is 5.37. The van der Waals surface area contributed by atoms with Crippen molar-refractivity contribution in [3.05, 3.63) is 30.3 Å². The number of rotatable bonds is 4. The molecule has 0 spiro atoms. The topological polar surface area (TPSA) is 36.4 Å². The van der Waals surface area contributed by atoms with Crippen LogP contribution < -0.4 is 10.7 Å². The van der Waals surface area contributed by atoms with Crippen LogP contribution in [0.15, 0.2) is 35.4 Å². The molecule has 0 aliphatic carbocycles. The number of unbranched alkanes of at least 4 members (excludes halogenated alkanes) is 1. The minimum absolute atomic E-state index is 0.508. The summed E-state index contributed by atoms with van der Waals surface area (Å²) in [5.41, 5.74) is 3.71. The number of para-hydroxylation sites is 1. The molecule has 80 valence electrons. The lowest BCUT2D eigenvalue weighted by Gasteiger charge is -2.05. The van der Waals surface area contributed by atoms with E-state index in [1.54, 1.807) is 0 Å². The Morgan fingerprint density at radius 3 is 2.80 bits per heavy atom. The summed E-state index contributed by atoms with van der Waals surface area (Å²) in [6.07, 6.45) is 3.87. The van der Waals surface area contributed by atoms with Crippen molar-refractivity contribution in [1.29, 1.82) is 0 Å². The van der Waals surface area contributed by atoms with Gasteiger partial charge in [-0.1, -0.05) is 31.5 Å². The quantitative estimate of drug-likeness (QED) is 0.466. The van der Waals surface area contributed by atoms with Gasteiger partial charge in [-0.3, -0.25) is 5.43 Å². The van der Waals surface area contributed by atoms with Crippen LogP contribution in [-0.2, 0) is 0 Å². The van der Waals surface area contributed by atoms with Crippen LogP contribution in [0.5, 0.6) is 0 Å². The van der Waals surface area contributed by atoms with Crippen molar-refractivity contribution in [2.75, 3.05) is 5.32 Å². The smallest absolute Gasteiger partial charge is 0.191 e. The zero-order valence-electron chi connectivity index (χ0n) is 8.73. The third-order valence-electron chi connectivity index (χ3n) is 1.71. The van der Waals surface area contributed by atoms with Crippen molar-refractivity contribution >= 4 is 29.2 Å². The van der Waals surface area contributed by atoms with E-state index in [9.17, 15) is 0 Å². The number of benzene rings is 1. The van der Waals surface area contributed by atoms with E-state index in [0.29, 0.717) is 5.11 Å². The second-order valence-corrected chi connectivity index (χ2v) is 3.44. The van der Waals surface area contributed by atoms with Crippen LogP contribution in [0.4, 0.5) is 5.69 Å². The molecule has 0 aliphatic heterocycles. The highest BCUT2D eigenvalue weighted by atomic mass is 32.1. The van der Waals surface area contributed by atoms with Crippen LogP contribution in [0.2, 0.25) is 0 Å². The van der Waals surface area contributed by atoms with Crippen molar-refractivity contribution in [3.8, 4) is 0 Å². The van der Waals surface area contributed by atoms with Gasteiger partial charge in [-0.2, -0.15) is 5.10 Å². The maximum Gasteiger partial charge on any atom is 0.191 e. The molecule has 0 saturated carbocycles. The summed E-state index contributed by atoms with van der Waals surface area (Å²) in [6.45, 7) is 2.10. The maximum absolute atomic E-state index is 5.05. The molecular weight excluding hydrogens is 206 g/mol. The molecule has 1 aromatic rings. The normalized spacial score (nSPS) is 10.2. The predicted octanol–water partition coefficient (Wildman–Crippen LogP) is 2.76. The van der Waals surface area contributed by atoms with Crippen molar-refractivity contribution in [2.45, 2.75) is 19.8 Å². The van der Waals surface area contributed by atoms with Crippen LogP contribution in [0.3, 0.4) is 0 Å². The fourth-order valence-electron chi connectivity index (χ4n) is 0.978. The number of hydrazone groups is 1. The molecule has 0 amide bonds. The van der Waals surface area contributed by atoms with E-state index < -0.39 is 0 Å². The Kier molecular flexibility index (Phi) is 5.40. The molecule has 1 aromatic carbocycles. The van der Waals surface area contributed by atoms with Crippen molar-refractivity contribution in [3.63, 3.8) is 0 Å². The van der Waals surface area contributed by atoms with Gasteiger partial charge in [0.15, 0.2) is 5.11 Å². The third kappa shape index (κ3) is 5.12. The Bertz CT molecular complexity index is 322. The summed E-state index contributed by atoms with van der Waals surface area (Å²) in [5.74, 6) is 0. The predicted molar refractivity (Wildman–Crippen MR) is 69.2 cm³/mol. The molecular formula is C11H15N3S. The molecule has 0 aromatic heterocycles. The van der Waals surface area contributed by atoms with E-state index in [2.05, 4.69) is 22.8 Å². The van der Waals surface area contributed by atoms with Crippen LogP contribution in [0.25, 0.3) is 0 Å². The number of nitrogens with one attached hydrogen (secondary N) is 2. The summed E-state index contributed by atoms with van der Waals surface area (Å²) in [7, 11) is 0. The second kappa shape index (κ2) is 6.95. The van der Waals surface area contributed by atoms with Gasteiger partial charge in [-0.15, -0.1) is 0 Å². The molecule has 4 heteroatoms. The molecule has 2 N–H and O–H groups in total. The number of hydrogen-bond acceptors (Lipinski definition) is 2. The Morgan fingerprint density at radius 2 is 2.13 bits per heavy atom. The molecule has 0 unspecified atom stereocenters. The fraction of sp³-hybridized carbons (Fsp3) is 0.273. The van der Waals surface area contributed by atoms with Gasteiger partial charge in [0, 0.05) is 11.9 Å². The number of hydrogen-bond donors (Lipinski definition) is 2. The first-order chi connectivity index (χ1) is 7.33. The highest BCUT2D eigenvalue weighted by molar-refractivity contribution is 7.80. The first-order valence-electron chi connectivity index (χ1n) is 4.96. The van der Waals surface area contributed by atoms with Gasteiger partial charge in [-0.05, 0) is 30.8 Å². The zero-order valence-corrected chi connectivity index (χ0v) is 9.55. The molecule has 0 fully saturated rings. The Hall–Kier alpha value is -1.42. The zero-order chi connectivity index (χ0) is 10.9. The van der Waals surface area contributed by atoms with Gasteiger partial charge in [-0.25, -0.2) is 0 Å². The molecule has 0 heterocycles. The van der Waals surface area contributed by atoms with Gasteiger partial charge in [0.25, 0.3) is 0 Å². The average Bonchev–Trinajstić information content (AvgIpc) is 2.26. The monoisotopic (exact) mass is 221 g/mol. The molecule has 0 saturated heterocycles. The molecule has 0 atom stereocenters. The lowest BCUT2D eigenvalue weighted by Crippen LogP contribution is -2.23. The number of nitrogens with zero attached hydrogens (tertiary/aromatic N) is 1. The SMILES string of the molecule is CCC/C=N/NC(=S)Nc1ccccc1. The largest absolute Gasteiger partial charge is 0.331 e. The lowest BCUT2D eigenvalue weighted by atomic mass is 10.3. The standard InChI is InChI=1S/C11H15N3S/c1-2-3-9-12-14-11(15)13-10-7-5-4-6-8-10/h4-9H,2-3H2,1H3,(H2,13,14,15)/b12-9+. The van der Waals surface area contributed by atoms with Crippen LogP contribution in [0, 0.1) is 0 Å². The summed E-state index contributed by atoms with van der Waals surface area (Å²) >= 11 is 5.05. The van der Waals surface area contributed by atoms with Gasteiger partial charge >= 0.3 is 0 Å². The second-order valence-electron chi connectivity index (χ2n) is 3.03. The van der Waals surface area contributed by atoms with Crippen molar-refractivity contribution in [2.24, 2.45) is 5.10 Å². The summed E-state index contributed by atoms with van der Waals surface area (Å²) in [4.78, 5) is 0. The van der Waals surface area contributed by atoms with Crippen molar-refractivity contribution in [1.82, 2.24) is 5.43 Å². The molecule has 1 rings (SSSR count). The average molecular weight is 221 g/mol. The number of thiocarbonyl (C=S) groups is 1. The van der Waals surface area contributed by atoms with Gasteiger partial charge < -0.3 is 5.32 Å². The Balaban J connectivity index is 2.31. The summed E-state index contributed by atoms with van der Waals surface area (Å²) in [6, 6.07) is 9.76. The fourth-order valence-corrected chi connectivity index (χ4v) is 1.15. The molecule has 0 radical (unpaired) electrons. The van der Waals surface area contributed by atoms with E-state index in [1.807, 2.05) is 36.5 Å². The Labute approximate surface area is 95.6 Å². The van der Waals surface area contributed by atoms with E-state index in [-0.39, 0.29) is 0 Å². The molecule has 0 aliphatic rings. The van der Waals surface area contributed by atoms with Crippen LogP contribution in [0.1, 0.15) is 19.8 Å². The molecule has 0 bridgehead atoms. The maximum atomic E-state index is 5.05. The van der Waals surface area contributed by atoms with E-state index in [1.165, 1.54) is 0 Å². The van der Waals surface area contributed by atoms with E-state index >= 15 is 0 Å². The summed E-state index contributed by atoms with van der Waals surface area (Å²) in [5, 5.41) is 7.51. The highest BCUT2D eigenvalue weighted by Crippen LogP contribution is 2.03. The van der Waals surface area contributed by atoms with Gasteiger partial charge in [0.2, 0.25) is 0 Å². The molecule has 15 heavy (non-hydrogen) atoms. The molecule has 3 nitrogen and oxygen atoms in total. The van der Waals surface area contributed by atoms with Crippen LogP contribution >= 0.6 is 12.2 Å². The Morgan fingerprint density at radius 1 is 1.40 bits per heavy atom. The summed E-state index contributed by atoms with van der Waals surface area (Å²) < 4.78 is 0. The minimum Gasteiger partial charge on any atom is -0.331 e. The lowest BCUT2D eigenvalue weighted by molar-refractivity contribution is 0.974. The highest BCUT2D eigenvalue weighted by Gasteiger charge is 1.93. The van der Waals surface area contributed by atoms with Crippen molar-refractivity contribution < 1.29 is 0 Å².